The Balaban J connectivity index is 2.28. The molecule has 1 aromatic heterocycles. The average molecular weight is 287 g/mol. The molecular formula is C14H20F3N3. The van der Waals surface area contributed by atoms with Gasteiger partial charge in [-0.2, -0.15) is 13.2 Å². The van der Waals surface area contributed by atoms with Gasteiger partial charge in [-0.1, -0.05) is 20.3 Å². The Bertz CT molecular complexity index is 448. The van der Waals surface area contributed by atoms with E-state index >= 15 is 0 Å². The molecule has 0 radical (unpaired) electrons. The van der Waals surface area contributed by atoms with E-state index in [0.29, 0.717) is 5.92 Å². The standard InChI is InChI=1S/C14H20F3N3/c1-3-5-11-10(2)6-4-9-20(11)13-18-8-7-12(19-13)14(15,16)17/h7-8,10-11H,3-6,9H2,1-2H3/t10-,11-/m0/s1. The lowest BCUT2D eigenvalue weighted by molar-refractivity contribution is -0.141. The molecule has 1 aliphatic rings. The summed E-state index contributed by atoms with van der Waals surface area (Å²) in [5, 5.41) is 0. The Labute approximate surface area is 117 Å². The molecule has 0 amide bonds. The fourth-order valence-electron chi connectivity index (χ4n) is 2.88. The van der Waals surface area contributed by atoms with Crippen molar-refractivity contribution < 1.29 is 13.2 Å². The van der Waals surface area contributed by atoms with Crippen molar-refractivity contribution in [3.63, 3.8) is 0 Å². The van der Waals surface area contributed by atoms with Gasteiger partial charge < -0.3 is 4.90 Å². The second-order valence-corrected chi connectivity index (χ2v) is 5.41. The van der Waals surface area contributed by atoms with Gasteiger partial charge in [0.05, 0.1) is 0 Å². The van der Waals surface area contributed by atoms with Crippen LogP contribution in [-0.4, -0.2) is 22.6 Å². The largest absolute Gasteiger partial charge is 0.433 e. The summed E-state index contributed by atoms with van der Waals surface area (Å²) in [5.41, 5.74) is -0.865. The summed E-state index contributed by atoms with van der Waals surface area (Å²) in [7, 11) is 0. The number of aromatic nitrogens is 2. The molecule has 3 nitrogen and oxygen atoms in total. The maximum Gasteiger partial charge on any atom is 0.433 e. The normalized spacial score (nSPS) is 23.9. The van der Waals surface area contributed by atoms with E-state index in [0.717, 1.165) is 38.3 Å². The number of hydrogen-bond acceptors (Lipinski definition) is 3. The number of anilines is 1. The third-order valence-corrected chi connectivity index (χ3v) is 3.89. The van der Waals surface area contributed by atoms with E-state index in [1.807, 2.05) is 4.90 Å². The number of alkyl halides is 3. The molecule has 112 valence electrons. The number of nitrogens with zero attached hydrogens (tertiary/aromatic N) is 3. The molecule has 2 heterocycles. The first-order valence-electron chi connectivity index (χ1n) is 7.10. The number of hydrogen-bond donors (Lipinski definition) is 0. The predicted octanol–water partition coefficient (Wildman–Crippen LogP) is 3.90. The minimum absolute atomic E-state index is 0.213. The molecule has 2 rings (SSSR count). The van der Waals surface area contributed by atoms with Crippen LogP contribution in [0.4, 0.5) is 19.1 Å². The predicted molar refractivity (Wildman–Crippen MR) is 71.5 cm³/mol. The Kier molecular flexibility index (Phi) is 4.50. The quantitative estimate of drug-likeness (QED) is 0.844. The minimum atomic E-state index is -4.42. The molecular weight excluding hydrogens is 267 g/mol. The molecule has 0 aromatic carbocycles. The minimum Gasteiger partial charge on any atom is -0.338 e. The summed E-state index contributed by atoms with van der Waals surface area (Å²) in [5.74, 6) is 0.673. The summed E-state index contributed by atoms with van der Waals surface area (Å²) in [4.78, 5) is 9.73. The Morgan fingerprint density at radius 2 is 2.15 bits per heavy atom. The molecule has 1 saturated heterocycles. The zero-order chi connectivity index (χ0) is 14.8. The van der Waals surface area contributed by atoms with E-state index in [-0.39, 0.29) is 12.0 Å². The van der Waals surface area contributed by atoms with Gasteiger partial charge in [-0.25, -0.2) is 9.97 Å². The first-order valence-corrected chi connectivity index (χ1v) is 7.10. The Morgan fingerprint density at radius 1 is 1.40 bits per heavy atom. The van der Waals surface area contributed by atoms with Crippen LogP contribution in [0.5, 0.6) is 0 Å². The van der Waals surface area contributed by atoms with Crippen molar-refractivity contribution in [3.8, 4) is 0 Å². The maximum atomic E-state index is 12.7. The van der Waals surface area contributed by atoms with Crippen LogP contribution in [-0.2, 0) is 6.18 Å². The highest BCUT2D eigenvalue weighted by Crippen LogP contribution is 2.32. The zero-order valence-electron chi connectivity index (χ0n) is 11.8. The number of piperidine rings is 1. The molecule has 0 unspecified atom stereocenters. The van der Waals surface area contributed by atoms with Crippen LogP contribution in [0.1, 0.15) is 45.2 Å². The van der Waals surface area contributed by atoms with Gasteiger partial charge in [0.15, 0.2) is 0 Å². The average Bonchev–Trinajstić information content (AvgIpc) is 2.40. The van der Waals surface area contributed by atoms with Crippen LogP contribution >= 0.6 is 0 Å². The second kappa shape index (κ2) is 5.97. The Hall–Kier alpha value is -1.33. The highest BCUT2D eigenvalue weighted by atomic mass is 19.4. The highest BCUT2D eigenvalue weighted by molar-refractivity contribution is 5.34. The van der Waals surface area contributed by atoms with Gasteiger partial charge in [0, 0.05) is 18.8 Å². The lowest BCUT2D eigenvalue weighted by atomic mass is 9.88. The van der Waals surface area contributed by atoms with Crippen molar-refractivity contribution in [2.24, 2.45) is 5.92 Å². The van der Waals surface area contributed by atoms with Crippen LogP contribution in [0.25, 0.3) is 0 Å². The van der Waals surface area contributed by atoms with Crippen LogP contribution in [0, 0.1) is 5.92 Å². The second-order valence-electron chi connectivity index (χ2n) is 5.41. The summed E-state index contributed by atoms with van der Waals surface area (Å²) >= 11 is 0. The molecule has 1 aromatic rings. The van der Waals surface area contributed by atoms with E-state index in [4.69, 9.17) is 0 Å². The van der Waals surface area contributed by atoms with Gasteiger partial charge in [0.25, 0.3) is 0 Å². The lowest BCUT2D eigenvalue weighted by Gasteiger charge is -2.40. The van der Waals surface area contributed by atoms with Gasteiger partial charge in [0.2, 0.25) is 5.95 Å². The maximum absolute atomic E-state index is 12.7. The van der Waals surface area contributed by atoms with Gasteiger partial charge in [0.1, 0.15) is 5.69 Å². The third-order valence-electron chi connectivity index (χ3n) is 3.89. The van der Waals surface area contributed by atoms with Crippen molar-refractivity contribution in [2.75, 3.05) is 11.4 Å². The summed E-state index contributed by atoms with van der Waals surface area (Å²) in [6.07, 6.45) is 0.832. The summed E-state index contributed by atoms with van der Waals surface area (Å²) in [6, 6.07) is 1.16. The molecule has 0 bridgehead atoms. The van der Waals surface area contributed by atoms with E-state index < -0.39 is 11.9 Å². The van der Waals surface area contributed by atoms with Gasteiger partial charge in [-0.15, -0.1) is 0 Å². The van der Waals surface area contributed by atoms with Crippen molar-refractivity contribution >= 4 is 5.95 Å². The molecule has 6 heteroatoms. The van der Waals surface area contributed by atoms with Crippen LogP contribution in [0.3, 0.4) is 0 Å². The van der Waals surface area contributed by atoms with Crippen LogP contribution in [0.15, 0.2) is 12.3 Å². The molecule has 1 fully saturated rings. The molecule has 0 saturated carbocycles. The summed E-state index contributed by atoms with van der Waals surface area (Å²) in [6.45, 7) is 4.98. The lowest BCUT2D eigenvalue weighted by Crippen LogP contribution is -2.45. The van der Waals surface area contributed by atoms with Crippen LogP contribution < -0.4 is 4.90 Å². The van der Waals surface area contributed by atoms with Crippen molar-refractivity contribution in [1.29, 1.82) is 0 Å². The molecule has 20 heavy (non-hydrogen) atoms. The van der Waals surface area contributed by atoms with E-state index in [1.54, 1.807) is 0 Å². The van der Waals surface area contributed by atoms with Crippen molar-refractivity contribution in [2.45, 2.75) is 51.7 Å². The fraction of sp³-hybridized carbons (Fsp3) is 0.714. The van der Waals surface area contributed by atoms with E-state index in [1.165, 1.54) is 6.20 Å². The smallest absolute Gasteiger partial charge is 0.338 e. The molecule has 0 N–H and O–H groups in total. The highest BCUT2D eigenvalue weighted by Gasteiger charge is 2.35. The monoisotopic (exact) mass is 287 g/mol. The Morgan fingerprint density at radius 3 is 2.80 bits per heavy atom. The van der Waals surface area contributed by atoms with E-state index in [9.17, 15) is 13.2 Å². The number of halogens is 3. The van der Waals surface area contributed by atoms with Gasteiger partial charge >= 0.3 is 6.18 Å². The van der Waals surface area contributed by atoms with Gasteiger partial charge in [-0.05, 0) is 31.2 Å². The topological polar surface area (TPSA) is 29.0 Å². The zero-order valence-corrected chi connectivity index (χ0v) is 11.8. The summed E-state index contributed by atoms with van der Waals surface area (Å²) < 4.78 is 38.2. The fourth-order valence-corrected chi connectivity index (χ4v) is 2.88. The van der Waals surface area contributed by atoms with Crippen LogP contribution in [0.2, 0.25) is 0 Å². The molecule has 2 atom stereocenters. The van der Waals surface area contributed by atoms with E-state index in [2.05, 4.69) is 23.8 Å². The SMILES string of the molecule is CCC[C@H]1[C@@H](C)CCCN1c1nccc(C(F)(F)F)n1. The third kappa shape index (κ3) is 3.22. The first kappa shape index (κ1) is 15.1. The number of rotatable bonds is 3. The molecule has 0 spiro atoms. The van der Waals surface area contributed by atoms with Crippen molar-refractivity contribution in [3.05, 3.63) is 18.0 Å². The van der Waals surface area contributed by atoms with Gasteiger partial charge in [-0.3, -0.25) is 0 Å². The molecule has 0 aliphatic carbocycles. The first-order chi connectivity index (χ1) is 9.43. The molecule has 1 aliphatic heterocycles. The van der Waals surface area contributed by atoms with Crippen molar-refractivity contribution in [1.82, 2.24) is 9.97 Å².